The molecule has 1 aromatic carbocycles. The zero-order valence-electron chi connectivity index (χ0n) is 13.1. The number of benzene rings is 1. The zero-order chi connectivity index (χ0) is 16.1. The maximum absolute atomic E-state index is 12.2. The maximum atomic E-state index is 12.2. The number of carbonyl (C=O) groups is 1. The summed E-state index contributed by atoms with van der Waals surface area (Å²) < 4.78 is 5.40. The molecular formula is C19H21NO2S. The molecule has 1 aromatic rings. The highest BCUT2D eigenvalue weighted by molar-refractivity contribution is 7.80. The molecule has 0 aromatic heterocycles. The Balaban J connectivity index is 1.48. The lowest BCUT2D eigenvalue weighted by molar-refractivity contribution is 0.0851. The second kappa shape index (κ2) is 7.55. The molecule has 2 aliphatic rings. The Kier molecular flexibility index (Phi) is 5.23. The van der Waals surface area contributed by atoms with E-state index in [9.17, 15) is 4.79 Å². The Morgan fingerprint density at radius 3 is 2.65 bits per heavy atom. The lowest BCUT2D eigenvalue weighted by Gasteiger charge is -2.33. The van der Waals surface area contributed by atoms with Gasteiger partial charge in [0.05, 0.1) is 0 Å². The summed E-state index contributed by atoms with van der Waals surface area (Å²) in [6.07, 6.45) is 8.90. The number of allylic oxidation sites excluding steroid dienone is 4. The van der Waals surface area contributed by atoms with Crippen LogP contribution in [0.3, 0.4) is 0 Å². The van der Waals surface area contributed by atoms with E-state index in [1.165, 1.54) is 5.57 Å². The van der Waals surface area contributed by atoms with Crippen molar-refractivity contribution in [2.75, 3.05) is 13.1 Å². The van der Waals surface area contributed by atoms with Crippen LogP contribution >= 0.6 is 12.2 Å². The number of hydrogen-bond acceptors (Lipinski definition) is 3. The smallest absolute Gasteiger partial charge is 0.410 e. The van der Waals surface area contributed by atoms with Gasteiger partial charge in [-0.15, -0.1) is 0 Å². The molecule has 0 atom stereocenters. The third-order valence-electron chi connectivity index (χ3n) is 4.44. The van der Waals surface area contributed by atoms with Gasteiger partial charge in [0.2, 0.25) is 0 Å². The fraction of sp³-hybridized carbons (Fsp3) is 0.368. The highest BCUT2D eigenvalue weighted by Gasteiger charge is 2.27. The highest BCUT2D eigenvalue weighted by Crippen LogP contribution is 2.28. The van der Waals surface area contributed by atoms with Crippen molar-refractivity contribution in [2.45, 2.75) is 25.9 Å². The number of ether oxygens (including phenoxy) is 1. The summed E-state index contributed by atoms with van der Waals surface area (Å²) in [5.74, 6) is 0.477. The monoisotopic (exact) mass is 327 g/mol. The molecular weight excluding hydrogens is 306 g/mol. The normalized spacial score (nSPS) is 18.7. The molecule has 1 aliphatic carbocycles. The van der Waals surface area contributed by atoms with E-state index in [0.29, 0.717) is 12.5 Å². The van der Waals surface area contributed by atoms with E-state index in [1.807, 2.05) is 35.2 Å². The summed E-state index contributed by atoms with van der Waals surface area (Å²) in [4.78, 5) is 15.0. The fourth-order valence-corrected chi connectivity index (χ4v) is 3.44. The van der Waals surface area contributed by atoms with Gasteiger partial charge in [-0.2, -0.15) is 0 Å². The van der Waals surface area contributed by atoms with Crippen LogP contribution in [0.5, 0.6) is 0 Å². The third-order valence-corrected chi connectivity index (χ3v) is 4.84. The molecule has 0 saturated carbocycles. The number of likely N-dealkylation sites (tertiary alicyclic amines) is 1. The standard InChI is InChI=1S/C19H21NO2S/c21-19(22-14-15-6-2-1-3-7-15)20-12-10-16(11-13-20)17-8-4-5-9-18(17)23/h1-8,16H,9-14H2. The van der Waals surface area contributed by atoms with Gasteiger partial charge in [0.1, 0.15) is 6.61 Å². The van der Waals surface area contributed by atoms with E-state index in [1.54, 1.807) is 0 Å². The van der Waals surface area contributed by atoms with Crippen molar-refractivity contribution in [2.24, 2.45) is 5.92 Å². The quantitative estimate of drug-likeness (QED) is 0.776. The third kappa shape index (κ3) is 4.08. The molecule has 1 amide bonds. The molecule has 0 bridgehead atoms. The summed E-state index contributed by atoms with van der Waals surface area (Å²) in [5.41, 5.74) is 2.31. The predicted molar refractivity (Wildman–Crippen MR) is 95.4 cm³/mol. The van der Waals surface area contributed by atoms with Gasteiger partial charge < -0.3 is 9.64 Å². The molecule has 1 aliphatic heterocycles. The molecule has 23 heavy (non-hydrogen) atoms. The molecule has 3 rings (SSSR count). The summed E-state index contributed by atoms with van der Waals surface area (Å²) in [6.45, 7) is 1.81. The van der Waals surface area contributed by atoms with Crippen LogP contribution in [0.25, 0.3) is 0 Å². The minimum absolute atomic E-state index is 0.215. The first-order valence-corrected chi connectivity index (χ1v) is 8.50. The molecule has 0 radical (unpaired) electrons. The summed E-state index contributed by atoms with van der Waals surface area (Å²) in [7, 11) is 0. The van der Waals surface area contributed by atoms with Gasteiger partial charge in [-0.1, -0.05) is 60.8 Å². The van der Waals surface area contributed by atoms with Crippen molar-refractivity contribution < 1.29 is 9.53 Å². The van der Waals surface area contributed by atoms with Gasteiger partial charge in [0.25, 0.3) is 0 Å². The van der Waals surface area contributed by atoms with E-state index in [4.69, 9.17) is 17.0 Å². The van der Waals surface area contributed by atoms with Crippen molar-refractivity contribution in [3.63, 3.8) is 0 Å². The van der Waals surface area contributed by atoms with Crippen LogP contribution in [-0.2, 0) is 11.3 Å². The number of rotatable bonds is 3. The Hall–Kier alpha value is -1.94. The lowest BCUT2D eigenvalue weighted by Crippen LogP contribution is -2.39. The van der Waals surface area contributed by atoms with Crippen LogP contribution in [0, 0.1) is 5.92 Å². The largest absolute Gasteiger partial charge is 0.445 e. The van der Waals surface area contributed by atoms with Crippen molar-refractivity contribution in [1.82, 2.24) is 4.90 Å². The Morgan fingerprint density at radius 1 is 1.22 bits per heavy atom. The predicted octanol–water partition coefficient (Wildman–Crippen LogP) is 4.29. The zero-order valence-corrected chi connectivity index (χ0v) is 13.9. The first kappa shape index (κ1) is 15.9. The van der Waals surface area contributed by atoms with E-state index >= 15 is 0 Å². The van der Waals surface area contributed by atoms with Gasteiger partial charge in [-0.05, 0) is 29.9 Å². The van der Waals surface area contributed by atoms with Crippen LogP contribution < -0.4 is 0 Å². The van der Waals surface area contributed by atoms with Gasteiger partial charge in [-0.25, -0.2) is 4.79 Å². The first-order valence-electron chi connectivity index (χ1n) is 8.09. The molecule has 1 fully saturated rings. The Morgan fingerprint density at radius 2 is 1.96 bits per heavy atom. The highest BCUT2D eigenvalue weighted by atomic mass is 32.1. The Bertz CT molecular complexity index is 628. The molecule has 3 nitrogen and oxygen atoms in total. The average molecular weight is 327 g/mol. The number of carbonyl (C=O) groups excluding carboxylic acids is 1. The number of nitrogens with zero attached hydrogens (tertiary/aromatic N) is 1. The van der Waals surface area contributed by atoms with Gasteiger partial charge >= 0.3 is 6.09 Å². The first-order chi connectivity index (χ1) is 11.2. The fourth-order valence-electron chi connectivity index (χ4n) is 3.11. The molecule has 0 unspecified atom stereocenters. The number of piperidine rings is 1. The average Bonchev–Trinajstić information content (AvgIpc) is 2.61. The van der Waals surface area contributed by atoms with E-state index in [2.05, 4.69) is 18.2 Å². The molecule has 0 N–H and O–H groups in total. The topological polar surface area (TPSA) is 29.5 Å². The second-order valence-electron chi connectivity index (χ2n) is 5.98. The number of amides is 1. The van der Waals surface area contributed by atoms with Crippen LogP contribution in [0.4, 0.5) is 4.79 Å². The van der Waals surface area contributed by atoms with Crippen molar-refractivity contribution in [3.05, 3.63) is 59.7 Å². The van der Waals surface area contributed by atoms with E-state index in [-0.39, 0.29) is 6.09 Å². The van der Waals surface area contributed by atoms with E-state index < -0.39 is 0 Å². The van der Waals surface area contributed by atoms with Gasteiger partial charge in [0.15, 0.2) is 0 Å². The SMILES string of the molecule is O=C(OCc1ccccc1)N1CCC(C2=CC=CCC2=S)CC1. The van der Waals surface area contributed by atoms with Crippen LogP contribution in [-0.4, -0.2) is 28.9 Å². The summed E-state index contributed by atoms with van der Waals surface area (Å²) >= 11 is 5.46. The van der Waals surface area contributed by atoms with Gasteiger partial charge in [-0.3, -0.25) is 0 Å². The van der Waals surface area contributed by atoms with Crippen molar-refractivity contribution in [3.8, 4) is 0 Å². The molecule has 120 valence electrons. The summed E-state index contributed by atoms with van der Waals surface area (Å²) in [6, 6.07) is 9.77. The summed E-state index contributed by atoms with van der Waals surface area (Å²) in [5, 5.41) is 0. The Labute approximate surface area is 142 Å². The molecule has 1 heterocycles. The minimum atomic E-state index is -0.215. The van der Waals surface area contributed by atoms with Crippen LogP contribution in [0.2, 0.25) is 0 Å². The molecule has 0 spiro atoms. The van der Waals surface area contributed by atoms with Crippen LogP contribution in [0.1, 0.15) is 24.8 Å². The van der Waals surface area contributed by atoms with Gasteiger partial charge in [0, 0.05) is 24.4 Å². The number of thiocarbonyl (C=S) groups is 1. The number of hydrogen-bond donors (Lipinski definition) is 0. The van der Waals surface area contributed by atoms with Crippen molar-refractivity contribution >= 4 is 23.2 Å². The van der Waals surface area contributed by atoms with Crippen LogP contribution in [0.15, 0.2) is 54.1 Å². The van der Waals surface area contributed by atoms with Crippen molar-refractivity contribution in [1.29, 1.82) is 0 Å². The second-order valence-corrected chi connectivity index (χ2v) is 6.47. The van der Waals surface area contributed by atoms with E-state index in [0.717, 1.165) is 42.8 Å². The lowest BCUT2D eigenvalue weighted by atomic mass is 9.85. The maximum Gasteiger partial charge on any atom is 0.410 e. The minimum Gasteiger partial charge on any atom is -0.445 e. The molecule has 4 heteroatoms. The molecule has 1 saturated heterocycles.